The van der Waals surface area contributed by atoms with Crippen molar-refractivity contribution in [3.8, 4) is 11.5 Å². The lowest BCUT2D eigenvalue weighted by molar-refractivity contribution is 0.0368. The third-order valence-electron chi connectivity index (χ3n) is 6.31. The Bertz CT molecular complexity index is 945. The Morgan fingerprint density at radius 1 is 1.18 bits per heavy atom. The Morgan fingerprint density at radius 2 is 2.04 bits per heavy atom. The highest BCUT2D eigenvalue weighted by Crippen LogP contribution is 2.39. The highest BCUT2D eigenvalue weighted by Gasteiger charge is 2.49. The number of aryl methyl sites for hydroxylation is 1. The molecule has 6 heteroatoms. The number of ether oxygens (including phenoxy) is 2. The Kier molecular flexibility index (Phi) is 3.98. The van der Waals surface area contributed by atoms with E-state index in [4.69, 9.17) is 9.47 Å². The fourth-order valence-electron chi connectivity index (χ4n) is 4.45. The van der Waals surface area contributed by atoms with Gasteiger partial charge in [-0.1, -0.05) is 18.2 Å². The number of hydrogen-bond acceptors (Lipinski definition) is 5. The second kappa shape index (κ2) is 6.41. The molecule has 0 radical (unpaired) electrons. The van der Waals surface area contributed by atoms with Gasteiger partial charge < -0.3 is 19.7 Å². The molecule has 3 unspecified atom stereocenters. The molecule has 3 heterocycles. The van der Waals surface area contributed by atoms with Crippen LogP contribution in [0.25, 0.3) is 0 Å². The van der Waals surface area contributed by atoms with E-state index in [1.54, 1.807) is 0 Å². The predicted octanol–water partition coefficient (Wildman–Crippen LogP) is 2.72. The Hall–Kier alpha value is -2.73. The number of carbonyl (C=O) groups excluding carboxylic acids is 1. The summed E-state index contributed by atoms with van der Waals surface area (Å²) in [4.78, 5) is 17.8. The quantitative estimate of drug-likeness (QED) is 0.885. The third kappa shape index (κ3) is 2.63. The van der Waals surface area contributed by atoms with Crippen LogP contribution in [-0.2, 0) is 0 Å². The van der Waals surface area contributed by atoms with Crippen LogP contribution in [0.1, 0.15) is 34.5 Å². The summed E-state index contributed by atoms with van der Waals surface area (Å²) in [6.07, 6.45) is 0. The summed E-state index contributed by atoms with van der Waals surface area (Å²) in [6.45, 7) is 6.31. The first-order valence-electron chi connectivity index (χ1n) is 9.80. The molecule has 3 atom stereocenters. The number of nitrogens with one attached hydrogen (secondary N) is 1. The van der Waals surface area contributed by atoms with E-state index in [0.717, 1.165) is 47.0 Å². The molecule has 1 N–H and O–H groups in total. The number of piperazine rings is 1. The highest BCUT2D eigenvalue weighted by atomic mass is 16.7. The molecule has 0 aliphatic carbocycles. The van der Waals surface area contributed by atoms with Crippen LogP contribution in [0.5, 0.6) is 11.5 Å². The van der Waals surface area contributed by atoms with Gasteiger partial charge >= 0.3 is 0 Å². The van der Waals surface area contributed by atoms with Gasteiger partial charge in [0.1, 0.15) is 0 Å². The molecule has 3 aliphatic heterocycles. The van der Waals surface area contributed by atoms with E-state index >= 15 is 0 Å². The molecular formula is C22H25N3O3. The minimum Gasteiger partial charge on any atom is -0.454 e. The minimum atomic E-state index is -0.180. The van der Waals surface area contributed by atoms with Gasteiger partial charge in [0.15, 0.2) is 11.5 Å². The smallest absolute Gasteiger partial charge is 0.252 e. The van der Waals surface area contributed by atoms with Gasteiger partial charge in [0, 0.05) is 35.9 Å². The van der Waals surface area contributed by atoms with Crippen molar-refractivity contribution in [1.82, 2.24) is 10.2 Å². The SMILES string of the molecule is Cc1ccc(N2CC3C2CN3C)cc1C(=O)NC(C)c1cccc2c1OCO2. The number of amides is 1. The summed E-state index contributed by atoms with van der Waals surface area (Å²) in [6, 6.07) is 13.0. The van der Waals surface area contributed by atoms with Gasteiger partial charge in [0.25, 0.3) is 5.91 Å². The molecule has 2 fully saturated rings. The highest BCUT2D eigenvalue weighted by molar-refractivity contribution is 5.97. The van der Waals surface area contributed by atoms with Crippen LogP contribution in [0.3, 0.4) is 0 Å². The lowest BCUT2D eigenvalue weighted by Crippen LogP contribution is -2.78. The topological polar surface area (TPSA) is 54.0 Å². The summed E-state index contributed by atoms with van der Waals surface area (Å²) < 4.78 is 11.0. The van der Waals surface area contributed by atoms with Crippen LogP contribution in [0.4, 0.5) is 5.69 Å². The maximum absolute atomic E-state index is 13.0. The number of nitrogens with zero attached hydrogens (tertiary/aromatic N) is 2. The Morgan fingerprint density at radius 3 is 2.79 bits per heavy atom. The van der Waals surface area contributed by atoms with Crippen LogP contribution >= 0.6 is 0 Å². The van der Waals surface area contributed by atoms with E-state index in [-0.39, 0.29) is 18.7 Å². The molecule has 5 rings (SSSR count). The molecule has 3 aliphatic rings. The van der Waals surface area contributed by atoms with Gasteiger partial charge in [0.05, 0.1) is 12.1 Å². The number of likely N-dealkylation sites (tertiary alicyclic amines) is 1. The molecule has 28 heavy (non-hydrogen) atoms. The molecule has 6 nitrogen and oxygen atoms in total. The van der Waals surface area contributed by atoms with Gasteiger partial charge in [-0.2, -0.15) is 0 Å². The zero-order valence-electron chi connectivity index (χ0n) is 16.4. The summed E-state index contributed by atoms with van der Waals surface area (Å²) >= 11 is 0. The van der Waals surface area contributed by atoms with Crippen molar-refractivity contribution >= 4 is 11.6 Å². The fourth-order valence-corrected chi connectivity index (χ4v) is 4.45. The molecule has 0 spiro atoms. The predicted molar refractivity (Wildman–Crippen MR) is 107 cm³/mol. The van der Waals surface area contributed by atoms with Crippen molar-refractivity contribution in [3.63, 3.8) is 0 Å². The van der Waals surface area contributed by atoms with E-state index in [1.807, 2.05) is 44.2 Å². The molecule has 2 aromatic carbocycles. The van der Waals surface area contributed by atoms with Gasteiger partial charge in [-0.05, 0) is 44.7 Å². The summed E-state index contributed by atoms with van der Waals surface area (Å²) in [5.74, 6) is 1.39. The van der Waals surface area contributed by atoms with E-state index < -0.39 is 0 Å². The number of anilines is 1. The minimum absolute atomic E-state index is 0.0637. The number of carbonyl (C=O) groups is 1. The van der Waals surface area contributed by atoms with E-state index in [0.29, 0.717) is 12.1 Å². The van der Waals surface area contributed by atoms with Crippen LogP contribution in [0.2, 0.25) is 0 Å². The molecule has 146 valence electrons. The zero-order valence-corrected chi connectivity index (χ0v) is 16.4. The zero-order chi connectivity index (χ0) is 19.4. The van der Waals surface area contributed by atoms with Crippen molar-refractivity contribution in [2.75, 3.05) is 31.8 Å². The first kappa shape index (κ1) is 17.4. The summed E-state index contributed by atoms with van der Waals surface area (Å²) in [7, 11) is 2.17. The standard InChI is InChI=1S/C22H25N3O3/c1-13-7-8-15(25-11-18-19(25)10-24(18)3)9-17(13)22(26)23-14(2)16-5-4-6-20-21(16)28-12-27-20/h4-9,14,18-19H,10-12H2,1-3H3,(H,23,26). The molecule has 0 bridgehead atoms. The number of likely N-dealkylation sites (N-methyl/N-ethyl adjacent to an activating group) is 1. The average Bonchev–Trinajstić information content (AvgIpc) is 3.15. The normalized spacial score (nSPS) is 23.5. The number of rotatable bonds is 4. The van der Waals surface area contributed by atoms with Crippen molar-refractivity contribution in [2.24, 2.45) is 0 Å². The summed E-state index contributed by atoms with van der Waals surface area (Å²) in [5.41, 5.74) is 3.77. The van der Waals surface area contributed by atoms with Gasteiger partial charge in [-0.15, -0.1) is 0 Å². The largest absolute Gasteiger partial charge is 0.454 e. The van der Waals surface area contributed by atoms with Crippen molar-refractivity contribution in [3.05, 3.63) is 53.1 Å². The van der Waals surface area contributed by atoms with Crippen LogP contribution in [0.15, 0.2) is 36.4 Å². The molecule has 1 amide bonds. The Balaban J connectivity index is 1.34. The maximum atomic E-state index is 13.0. The fraction of sp³-hybridized carbons (Fsp3) is 0.409. The lowest BCUT2D eigenvalue weighted by atomic mass is 9.85. The molecule has 2 saturated heterocycles. The molecule has 2 aromatic rings. The average molecular weight is 379 g/mol. The molecule has 0 saturated carbocycles. The number of para-hydroxylation sites is 1. The Labute approximate surface area is 165 Å². The van der Waals surface area contributed by atoms with Gasteiger partial charge in [0.2, 0.25) is 6.79 Å². The first-order valence-corrected chi connectivity index (χ1v) is 9.80. The lowest BCUT2D eigenvalue weighted by Gasteiger charge is -2.62. The van der Waals surface area contributed by atoms with Crippen molar-refractivity contribution < 1.29 is 14.3 Å². The second-order valence-corrected chi connectivity index (χ2v) is 8.00. The van der Waals surface area contributed by atoms with Crippen LogP contribution < -0.4 is 19.7 Å². The van der Waals surface area contributed by atoms with Crippen molar-refractivity contribution in [2.45, 2.75) is 32.0 Å². The van der Waals surface area contributed by atoms with Gasteiger partial charge in [-0.3, -0.25) is 9.69 Å². The van der Waals surface area contributed by atoms with Gasteiger partial charge in [-0.25, -0.2) is 0 Å². The van der Waals surface area contributed by atoms with Crippen LogP contribution in [-0.4, -0.2) is 49.8 Å². The van der Waals surface area contributed by atoms with E-state index in [1.165, 1.54) is 0 Å². The van der Waals surface area contributed by atoms with Crippen LogP contribution in [0, 0.1) is 6.92 Å². The number of hydrogen-bond donors (Lipinski definition) is 1. The van der Waals surface area contributed by atoms with Crippen molar-refractivity contribution in [1.29, 1.82) is 0 Å². The summed E-state index contributed by atoms with van der Waals surface area (Å²) in [5, 5.41) is 3.12. The third-order valence-corrected chi connectivity index (χ3v) is 6.31. The molecular weight excluding hydrogens is 354 g/mol. The number of fused-ring (bicyclic) bond motifs is 2. The van der Waals surface area contributed by atoms with E-state index in [2.05, 4.69) is 28.2 Å². The number of benzene rings is 2. The molecule has 0 aromatic heterocycles. The second-order valence-electron chi connectivity index (χ2n) is 8.00. The monoisotopic (exact) mass is 379 g/mol. The van der Waals surface area contributed by atoms with E-state index in [9.17, 15) is 4.79 Å². The first-order chi connectivity index (χ1) is 13.5. The maximum Gasteiger partial charge on any atom is 0.252 e.